The van der Waals surface area contributed by atoms with Crippen molar-refractivity contribution in [2.45, 2.75) is 6.42 Å². The molecule has 0 aliphatic heterocycles. The molecule has 110 valence electrons. The van der Waals surface area contributed by atoms with E-state index in [2.05, 4.69) is 26.6 Å². The number of benzene rings is 2. The Hall–Kier alpha value is -2.01. The van der Waals surface area contributed by atoms with Gasteiger partial charge in [0.25, 0.3) is 0 Å². The van der Waals surface area contributed by atoms with Crippen LogP contribution in [0.25, 0.3) is 0 Å². The highest BCUT2D eigenvalue weighted by Crippen LogP contribution is 2.16. The molecule has 0 radical (unpaired) electrons. The van der Waals surface area contributed by atoms with E-state index in [1.54, 1.807) is 13.2 Å². The number of ether oxygens (including phenoxy) is 1. The van der Waals surface area contributed by atoms with E-state index in [0.717, 1.165) is 10.9 Å². The van der Waals surface area contributed by atoms with Crippen molar-refractivity contribution in [2.24, 2.45) is 0 Å². The van der Waals surface area contributed by atoms with Crippen LogP contribution >= 0.6 is 15.9 Å². The number of hydrogen-bond acceptors (Lipinski definition) is 2. The number of carbonyl (C=O) groups is 1. The lowest BCUT2D eigenvalue weighted by molar-refractivity contribution is 0.252. The lowest BCUT2D eigenvalue weighted by atomic mass is 10.1. The predicted octanol–water partition coefficient (Wildman–Crippen LogP) is 3.82. The summed E-state index contributed by atoms with van der Waals surface area (Å²) in [6.07, 6.45) is 0.790. The van der Waals surface area contributed by atoms with E-state index >= 15 is 0 Å². The number of hydrogen-bond donors (Lipinski definition) is 2. The van der Waals surface area contributed by atoms with Crippen molar-refractivity contribution in [1.29, 1.82) is 0 Å². The van der Waals surface area contributed by atoms with Crippen LogP contribution in [0.15, 0.2) is 53.0 Å². The first-order valence-corrected chi connectivity index (χ1v) is 7.40. The van der Waals surface area contributed by atoms with Crippen LogP contribution in [0.4, 0.5) is 10.5 Å². The average Bonchev–Trinajstić information content (AvgIpc) is 2.49. The van der Waals surface area contributed by atoms with E-state index in [0.29, 0.717) is 18.0 Å². The molecule has 0 saturated carbocycles. The Balaban J connectivity index is 1.78. The fourth-order valence-corrected chi connectivity index (χ4v) is 2.11. The molecule has 2 amide bonds. The highest BCUT2D eigenvalue weighted by molar-refractivity contribution is 9.10. The number of urea groups is 1. The second kappa shape index (κ2) is 7.69. The van der Waals surface area contributed by atoms with Crippen molar-refractivity contribution >= 4 is 27.6 Å². The Morgan fingerprint density at radius 2 is 1.95 bits per heavy atom. The van der Waals surface area contributed by atoms with E-state index in [4.69, 9.17) is 4.74 Å². The van der Waals surface area contributed by atoms with Crippen LogP contribution in [0, 0.1) is 0 Å². The Kier molecular flexibility index (Phi) is 5.63. The third-order valence-corrected chi connectivity index (χ3v) is 3.47. The molecule has 2 aromatic carbocycles. The second-order valence-electron chi connectivity index (χ2n) is 4.49. The van der Waals surface area contributed by atoms with Crippen molar-refractivity contribution in [3.8, 4) is 5.75 Å². The molecule has 0 heterocycles. The van der Waals surface area contributed by atoms with Crippen LogP contribution in [0.2, 0.25) is 0 Å². The van der Waals surface area contributed by atoms with Gasteiger partial charge in [0.2, 0.25) is 0 Å². The van der Waals surface area contributed by atoms with Crippen LogP contribution in [0.5, 0.6) is 5.75 Å². The summed E-state index contributed by atoms with van der Waals surface area (Å²) in [5.41, 5.74) is 1.88. The maximum atomic E-state index is 11.8. The minimum absolute atomic E-state index is 0.222. The first-order valence-electron chi connectivity index (χ1n) is 6.61. The summed E-state index contributed by atoms with van der Waals surface area (Å²) in [4.78, 5) is 11.8. The van der Waals surface area contributed by atoms with Gasteiger partial charge in [0.15, 0.2) is 0 Å². The molecule has 2 N–H and O–H groups in total. The first kappa shape index (κ1) is 15.4. The van der Waals surface area contributed by atoms with Crippen molar-refractivity contribution in [2.75, 3.05) is 19.0 Å². The summed E-state index contributed by atoms with van der Waals surface area (Å²) >= 11 is 3.40. The third-order valence-electron chi connectivity index (χ3n) is 2.94. The van der Waals surface area contributed by atoms with Gasteiger partial charge in [0, 0.05) is 22.8 Å². The van der Waals surface area contributed by atoms with Crippen LogP contribution in [-0.2, 0) is 6.42 Å². The quantitative estimate of drug-likeness (QED) is 0.862. The zero-order chi connectivity index (χ0) is 15.1. The Bertz CT molecular complexity index is 599. The minimum atomic E-state index is -0.222. The smallest absolute Gasteiger partial charge is 0.319 e. The summed E-state index contributed by atoms with van der Waals surface area (Å²) in [6, 6.07) is 15.1. The topological polar surface area (TPSA) is 50.4 Å². The zero-order valence-electron chi connectivity index (χ0n) is 11.7. The van der Waals surface area contributed by atoms with Gasteiger partial charge in [-0.05, 0) is 36.2 Å². The molecule has 0 aliphatic rings. The second-order valence-corrected chi connectivity index (χ2v) is 5.40. The van der Waals surface area contributed by atoms with Gasteiger partial charge in [-0.1, -0.05) is 34.1 Å². The van der Waals surface area contributed by atoms with Crippen molar-refractivity contribution in [3.05, 3.63) is 58.6 Å². The normalized spacial score (nSPS) is 10.0. The van der Waals surface area contributed by atoms with Gasteiger partial charge in [0.05, 0.1) is 7.11 Å². The van der Waals surface area contributed by atoms with Crippen LogP contribution < -0.4 is 15.4 Å². The van der Waals surface area contributed by atoms with E-state index in [9.17, 15) is 4.79 Å². The van der Waals surface area contributed by atoms with Gasteiger partial charge in [-0.25, -0.2) is 4.79 Å². The number of carbonyl (C=O) groups excluding carboxylic acids is 1. The molecule has 0 spiro atoms. The standard InChI is InChI=1S/C16H17BrN2O2/c1-21-15-4-2-3-14(11-15)19-16(20)18-10-9-12-5-7-13(17)8-6-12/h2-8,11H,9-10H2,1H3,(H2,18,19,20). The summed E-state index contributed by atoms with van der Waals surface area (Å²) in [7, 11) is 1.59. The molecule has 2 aromatic rings. The Morgan fingerprint density at radius 3 is 2.67 bits per heavy atom. The monoisotopic (exact) mass is 348 g/mol. The molecule has 0 aliphatic carbocycles. The molecule has 2 rings (SSSR count). The first-order chi connectivity index (χ1) is 10.2. The molecular formula is C16H17BrN2O2. The number of rotatable bonds is 5. The fourth-order valence-electron chi connectivity index (χ4n) is 1.85. The predicted molar refractivity (Wildman–Crippen MR) is 87.9 cm³/mol. The van der Waals surface area contributed by atoms with Gasteiger partial charge in [-0.2, -0.15) is 0 Å². The molecule has 21 heavy (non-hydrogen) atoms. The molecule has 0 aromatic heterocycles. The lowest BCUT2D eigenvalue weighted by Gasteiger charge is -2.09. The number of methoxy groups -OCH3 is 1. The molecule has 0 atom stereocenters. The summed E-state index contributed by atoms with van der Waals surface area (Å²) < 4.78 is 6.16. The molecular weight excluding hydrogens is 332 g/mol. The van der Waals surface area contributed by atoms with E-state index in [1.165, 1.54) is 5.56 Å². The summed E-state index contributed by atoms with van der Waals surface area (Å²) in [6.45, 7) is 0.581. The van der Waals surface area contributed by atoms with Gasteiger partial charge >= 0.3 is 6.03 Å². The van der Waals surface area contributed by atoms with E-state index < -0.39 is 0 Å². The van der Waals surface area contributed by atoms with E-state index in [1.807, 2.05) is 42.5 Å². The van der Waals surface area contributed by atoms with Gasteiger partial charge in [-0.15, -0.1) is 0 Å². The summed E-state index contributed by atoms with van der Waals surface area (Å²) in [5, 5.41) is 5.60. The highest BCUT2D eigenvalue weighted by Gasteiger charge is 2.02. The number of anilines is 1. The highest BCUT2D eigenvalue weighted by atomic mass is 79.9. The minimum Gasteiger partial charge on any atom is -0.497 e. The van der Waals surface area contributed by atoms with Crippen LogP contribution in [0.1, 0.15) is 5.56 Å². The van der Waals surface area contributed by atoms with Gasteiger partial charge in [0.1, 0.15) is 5.75 Å². The summed E-state index contributed by atoms with van der Waals surface area (Å²) in [5.74, 6) is 0.711. The molecule has 0 fully saturated rings. The zero-order valence-corrected chi connectivity index (χ0v) is 13.3. The lowest BCUT2D eigenvalue weighted by Crippen LogP contribution is -2.30. The van der Waals surface area contributed by atoms with Crippen LogP contribution in [0.3, 0.4) is 0 Å². The maximum absolute atomic E-state index is 11.8. The third kappa shape index (κ3) is 5.11. The van der Waals surface area contributed by atoms with Crippen molar-refractivity contribution in [3.63, 3.8) is 0 Å². The Morgan fingerprint density at radius 1 is 1.19 bits per heavy atom. The molecule has 4 nitrogen and oxygen atoms in total. The van der Waals surface area contributed by atoms with Gasteiger partial charge < -0.3 is 15.4 Å². The average molecular weight is 349 g/mol. The molecule has 0 unspecified atom stereocenters. The Labute approximate surface area is 132 Å². The van der Waals surface area contributed by atoms with Gasteiger partial charge in [-0.3, -0.25) is 0 Å². The van der Waals surface area contributed by atoms with E-state index in [-0.39, 0.29) is 6.03 Å². The fraction of sp³-hybridized carbons (Fsp3) is 0.188. The number of nitrogens with one attached hydrogen (secondary N) is 2. The maximum Gasteiger partial charge on any atom is 0.319 e. The van der Waals surface area contributed by atoms with Crippen molar-refractivity contribution < 1.29 is 9.53 Å². The number of amides is 2. The van der Waals surface area contributed by atoms with Crippen molar-refractivity contribution in [1.82, 2.24) is 5.32 Å². The molecule has 0 saturated heterocycles. The SMILES string of the molecule is COc1cccc(NC(=O)NCCc2ccc(Br)cc2)c1. The number of halogens is 1. The molecule has 0 bridgehead atoms. The largest absolute Gasteiger partial charge is 0.497 e. The van der Waals surface area contributed by atoms with Crippen LogP contribution in [-0.4, -0.2) is 19.7 Å². The molecule has 5 heteroatoms.